The molecule has 0 fully saturated rings. The number of nitriles is 1. The third-order valence-electron chi connectivity index (χ3n) is 2.09. The van der Waals surface area contributed by atoms with Crippen molar-refractivity contribution in [2.45, 2.75) is 5.16 Å². The lowest BCUT2D eigenvalue weighted by molar-refractivity contribution is 0.456. The minimum absolute atomic E-state index is 0.359. The van der Waals surface area contributed by atoms with Crippen molar-refractivity contribution in [1.29, 1.82) is 5.26 Å². The number of ether oxygens (including phenoxy) is 1. The molecule has 0 bridgehead atoms. The maximum Gasteiger partial charge on any atom is 0.225 e. The highest BCUT2D eigenvalue weighted by Gasteiger charge is 2.04. The molecular weight excluding hydrogens is 248 g/mol. The molecule has 0 saturated heterocycles. The number of rotatable bonds is 3. The Hall–Kier alpha value is -2.26. The van der Waals surface area contributed by atoms with Gasteiger partial charge in [0.05, 0.1) is 11.6 Å². The van der Waals surface area contributed by atoms with Crippen molar-refractivity contribution in [3.05, 3.63) is 35.9 Å². The summed E-state index contributed by atoms with van der Waals surface area (Å²) in [6.07, 6.45) is 1.86. The minimum Gasteiger partial charge on any atom is -0.439 e. The lowest BCUT2D eigenvalue weighted by Crippen LogP contribution is -1.97. The summed E-state index contributed by atoms with van der Waals surface area (Å²) in [4.78, 5) is 8.20. The average Bonchev–Trinajstić information content (AvgIpc) is 2.39. The van der Waals surface area contributed by atoms with Crippen LogP contribution in [0.3, 0.4) is 0 Å². The first-order valence-electron chi connectivity index (χ1n) is 5.08. The van der Waals surface area contributed by atoms with E-state index in [0.717, 1.165) is 0 Å². The van der Waals surface area contributed by atoms with Crippen LogP contribution in [0.1, 0.15) is 5.56 Å². The standard InChI is InChI=1S/C12H10N4OS/c1-18-12-15-10(14)6-11(16-12)17-9-4-2-8(7-13)3-5-9/h2-6H,1H3,(H2,14,15,16). The maximum absolute atomic E-state index is 8.69. The molecule has 6 heteroatoms. The van der Waals surface area contributed by atoms with Crippen LogP contribution in [-0.4, -0.2) is 16.2 Å². The molecule has 0 spiro atoms. The van der Waals surface area contributed by atoms with Crippen LogP contribution >= 0.6 is 11.8 Å². The molecule has 0 unspecified atom stereocenters. The van der Waals surface area contributed by atoms with Gasteiger partial charge in [-0.15, -0.1) is 0 Å². The number of nitrogens with two attached hydrogens (primary N) is 1. The van der Waals surface area contributed by atoms with Gasteiger partial charge in [0, 0.05) is 6.07 Å². The summed E-state index contributed by atoms with van der Waals surface area (Å²) in [5.41, 5.74) is 6.22. The monoisotopic (exact) mass is 258 g/mol. The molecule has 0 aliphatic heterocycles. The molecule has 1 heterocycles. The molecular formula is C12H10N4OS. The third-order valence-corrected chi connectivity index (χ3v) is 2.64. The van der Waals surface area contributed by atoms with E-state index in [2.05, 4.69) is 9.97 Å². The van der Waals surface area contributed by atoms with Crippen molar-refractivity contribution in [3.8, 4) is 17.7 Å². The fraction of sp³-hybridized carbons (Fsp3) is 0.0833. The van der Waals surface area contributed by atoms with Gasteiger partial charge in [-0.05, 0) is 30.5 Å². The lowest BCUT2D eigenvalue weighted by Gasteiger charge is -2.06. The van der Waals surface area contributed by atoms with Crippen LogP contribution in [0.2, 0.25) is 0 Å². The number of hydrogen-bond donors (Lipinski definition) is 1. The molecule has 90 valence electrons. The molecule has 0 saturated carbocycles. The summed E-state index contributed by atoms with van der Waals surface area (Å²) in [6.45, 7) is 0. The molecule has 0 atom stereocenters. The molecule has 2 rings (SSSR count). The Labute approximate surface area is 109 Å². The van der Waals surface area contributed by atoms with Crippen molar-refractivity contribution in [3.63, 3.8) is 0 Å². The summed E-state index contributed by atoms with van der Waals surface area (Å²) in [6, 6.07) is 10.4. The SMILES string of the molecule is CSc1nc(N)cc(Oc2ccc(C#N)cc2)n1. The Morgan fingerprint density at radius 2 is 2.00 bits per heavy atom. The van der Waals surface area contributed by atoms with Crippen LogP contribution in [0.15, 0.2) is 35.5 Å². The van der Waals surface area contributed by atoms with Crippen LogP contribution in [0.25, 0.3) is 0 Å². The van der Waals surface area contributed by atoms with E-state index in [0.29, 0.717) is 28.2 Å². The van der Waals surface area contributed by atoms with E-state index in [9.17, 15) is 0 Å². The Morgan fingerprint density at radius 3 is 2.61 bits per heavy atom. The number of thioether (sulfide) groups is 1. The second kappa shape index (κ2) is 5.38. The third kappa shape index (κ3) is 2.90. The summed E-state index contributed by atoms with van der Waals surface area (Å²) in [5, 5.41) is 9.25. The zero-order valence-electron chi connectivity index (χ0n) is 9.62. The lowest BCUT2D eigenvalue weighted by atomic mass is 10.2. The molecule has 0 radical (unpaired) electrons. The first kappa shape index (κ1) is 12.2. The van der Waals surface area contributed by atoms with Crippen molar-refractivity contribution >= 4 is 17.6 Å². The largest absolute Gasteiger partial charge is 0.439 e. The van der Waals surface area contributed by atoms with Gasteiger partial charge >= 0.3 is 0 Å². The Bertz CT molecular complexity index is 592. The summed E-state index contributed by atoms with van der Waals surface area (Å²) in [7, 11) is 0. The van der Waals surface area contributed by atoms with Crippen molar-refractivity contribution in [1.82, 2.24) is 9.97 Å². The molecule has 18 heavy (non-hydrogen) atoms. The maximum atomic E-state index is 8.69. The second-order valence-corrected chi connectivity index (χ2v) is 4.13. The van der Waals surface area contributed by atoms with Gasteiger partial charge in [-0.1, -0.05) is 11.8 Å². The van der Waals surface area contributed by atoms with Gasteiger partial charge in [0.15, 0.2) is 5.16 Å². The highest BCUT2D eigenvalue weighted by Crippen LogP contribution is 2.23. The number of anilines is 1. The molecule has 0 aliphatic rings. The van der Waals surface area contributed by atoms with E-state index in [-0.39, 0.29) is 0 Å². The second-order valence-electron chi connectivity index (χ2n) is 3.36. The molecule has 1 aromatic carbocycles. The van der Waals surface area contributed by atoms with Crippen LogP contribution in [0.5, 0.6) is 11.6 Å². The van der Waals surface area contributed by atoms with Gasteiger partial charge < -0.3 is 10.5 Å². The Morgan fingerprint density at radius 1 is 1.28 bits per heavy atom. The van der Waals surface area contributed by atoms with Gasteiger partial charge in [0.25, 0.3) is 0 Å². The van der Waals surface area contributed by atoms with E-state index >= 15 is 0 Å². The molecule has 2 N–H and O–H groups in total. The fourth-order valence-corrected chi connectivity index (χ4v) is 1.66. The van der Waals surface area contributed by atoms with Crippen LogP contribution in [-0.2, 0) is 0 Å². The van der Waals surface area contributed by atoms with Gasteiger partial charge in [0.1, 0.15) is 11.6 Å². The van der Waals surface area contributed by atoms with Crippen molar-refractivity contribution < 1.29 is 4.74 Å². The summed E-state index contributed by atoms with van der Waals surface area (Å²) < 4.78 is 5.55. The Balaban J connectivity index is 2.22. The van der Waals surface area contributed by atoms with Gasteiger partial charge in [-0.2, -0.15) is 10.2 Å². The normalized spacial score (nSPS) is 9.78. The average molecular weight is 258 g/mol. The van der Waals surface area contributed by atoms with E-state index < -0.39 is 0 Å². The van der Waals surface area contributed by atoms with Gasteiger partial charge in [0.2, 0.25) is 5.88 Å². The van der Waals surface area contributed by atoms with Crippen molar-refractivity contribution in [2.75, 3.05) is 12.0 Å². The zero-order chi connectivity index (χ0) is 13.0. The molecule has 5 nitrogen and oxygen atoms in total. The summed E-state index contributed by atoms with van der Waals surface area (Å²) >= 11 is 1.39. The smallest absolute Gasteiger partial charge is 0.225 e. The fourth-order valence-electron chi connectivity index (χ4n) is 1.28. The van der Waals surface area contributed by atoms with Crippen LogP contribution in [0.4, 0.5) is 5.82 Å². The van der Waals surface area contributed by atoms with E-state index in [1.807, 2.05) is 12.3 Å². The quantitative estimate of drug-likeness (QED) is 0.672. The zero-order valence-corrected chi connectivity index (χ0v) is 10.4. The van der Waals surface area contributed by atoms with Crippen LogP contribution < -0.4 is 10.5 Å². The molecule has 2 aromatic rings. The molecule has 0 amide bonds. The number of nitrogens with zero attached hydrogens (tertiary/aromatic N) is 3. The topological polar surface area (TPSA) is 84.8 Å². The van der Waals surface area contributed by atoms with Gasteiger partial charge in [-0.3, -0.25) is 0 Å². The van der Waals surface area contributed by atoms with Crippen molar-refractivity contribution in [2.24, 2.45) is 0 Å². The van der Waals surface area contributed by atoms with E-state index in [4.69, 9.17) is 15.7 Å². The summed E-state index contributed by atoms with van der Waals surface area (Å²) in [5.74, 6) is 1.34. The van der Waals surface area contributed by atoms with E-state index in [1.54, 1.807) is 30.3 Å². The molecule has 0 aliphatic carbocycles. The number of nitrogen functional groups attached to an aromatic ring is 1. The molecule has 1 aromatic heterocycles. The highest BCUT2D eigenvalue weighted by molar-refractivity contribution is 7.98. The Kier molecular flexibility index (Phi) is 3.65. The van der Waals surface area contributed by atoms with Gasteiger partial charge in [-0.25, -0.2) is 4.98 Å². The first-order chi connectivity index (χ1) is 8.71. The number of hydrogen-bond acceptors (Lipinski definition) is 6. The van der Waals surface area contributed by atoms with E-state index in [1.165, 1.54) is 11.8 Å². The number of benzene rings is 1. The number of aromatic nitrogens is 2. The first-order valence-corrected chi connectivity index (χ1v) is 6.30. The highest BCUT2D eigenvalue weighted by atomic mass is 32.2. The van der Waals surface area contributed by atoms with Crippen LogP contribution in [0, 0.1) is 11.3 Å². The predicted molar refractivity (Wildman–Crippen MR) is 69.5 cm³/mol. The predicted octanol–water partition coefficient (Wildman–Crippen LogP) is 2.44. The minimum atomic E-state index is 0.359.